The molecular formula is C15H13Cl2NO4S. The summed E-state index contributed by atoms with van der Waals surface area (Å²) in [4.78, 5) is 11.6. The predicted molar refractivity (Wildman–Crippen MR) is 89.5 cm³/mol. The molecule has 2 rings (SSSR count). The van der Waals surface area contributed by atoms with E-state index in [0.29, 0.717) is 5.02 Å². The average molecular weight is 374 g/mol. The van der Waals surface area contributed by atoms with E-state index in [1.165, 1.54) is 37.4 Å². The van der Waals surface area contributed by atoms with Gasteiger partial charge in [-0.1, -0.05) is 35.3 Å². The number of anilines is 1. The zero-order valence-corrected chi connectivity index (χ0v) is 14.4. The number of ether oxygens (including phenoxy) is 1. The van der Waals surface area contributed by atoms with E-state index in [-0.39, 0.29) is 15.6 Å². The van der Waals surface area contributed by atoms with Crippen molar-refractivity contribution < 1.29 is 17.9 Å². The molecule has 0 fully saturated rings. The van der Waals surface area contributed by atoms with Crippen LogP contribution >= 0.6 is 23.2 Å². The average Bonchev–Trinajstić information content (AvgIpc) is 2.53. The lowest BCUT2D eigenvalue weighted by Crippen LogP contribution is -2.36. The molecule has 8 heteroatoms. The van der Waals surface area contributed by atoms with Crippen LogP contribution in [0.2, 0.25) is 10.0 Å². The number of hydrogen-bond donors (Lipinski definition) is 0. The molecule has 122 valence electrons. The zero-order valence-electron chi connectivity index (χ0n) is 12.1. The van der Waals surface area contributed by atoms with Crippen LogP contribution in [0.3, 0.4) is 0 Å². The van der Waals surface area contributed by atoms with E-state index in [4.69, 9.17) is 23.2 Å². The van der Waals surface area contributed by atoms with Gasteiger partial charge in [-0.05, 0) is 36.4 Å². The van der Waals surface area contributed by atoms with Crippen LogP contribution in [0.25, 0.3) is 0 Å². The molecule has 0 N–H and O–H groups in total. The second kappa shape index (κ2) is 7.21. The number of hydrogen-bond acceptors (Lipinski definition) is 4. The highest BCUT2D eigenvalue weighted by atomic mass is 35.5. The van der Waals surface area contributed by atoms with Crippen molar-refractivity contribution >= 4 is 44.9 Å². The minimum atomic E-state index is -4.01. The van der Waals surface area contributed by atoms with Crippen molar-refractivity contribution in [3.63, 3.8) is 0 Å². The lowest BCUT2D eigenvalue weighted by molar-refractivity contribution is -0.138. The van der Waals surface area contributed by atoms with Gasteiger partial charge in [0, 0.05) is 5.02 Å². The van der Waals surface area contributed by atoms with Crippen molar-refractivity contribution in [2.75, 3.05) is 18.0 Å². The van der Waals surface area contributed by atoms with Crippen LogP contribution in [0.4, 0.5) is 5.69 Å². The molecule has 0 bridgehead atoms. The summed E-state index contributed by atoms with van der Waals surface area (Å²) >= 11 is 11.9. The maximum Gasteiger partial charge on any atom is 0.326 e. The summed E-state index contributed by atoms with van der Waals surface area (Å²) in [5, 5.41) is 0.607. The van der Waals surface area contributed by atoms with Gasteiger partial charge in [-0.25, -0.2) is 8.42 Å². The summed E-state index contributed by atoms with van der Waals surface area (Å²) in [7, 11) is -2.83. The maximum atomic E-state index is 12.9. The van der Waals surface area contributed by atoms with E-state index in [0.717, 1.165) is 4.31 Å². The Balaban J connectivity index is 2.54. The smallest absolute Gasteiger partial charge is 0.326 e. The van der Waals surface area contributed by atoms with Gasteiger partial charge in [0.1, 0.15) is 6.54 Å². The van der Waals surface area contributed by atoms with Crippen LogP contribution in [0.5, 0.6) is 0 Å². The van der Waals surface area contributed by atoms with Gasteiger partial charge in [0.15, 0.2) is 0 Å². The van der Waals surface area contributed by atoms with E-state index in [1.807, 2.05) is 0 Å². The van der Waals surface area contributed by atoms with Gasteiger partial charge in [-0.2, -0.15) is 0 Å². The fourth-order valence-corrected chi connectivity index (χ4v) is 3.71. The molecule has 2 aromatic rings. The van der Waals surface area contributed by atoms with Gasteiger partial charge in [-0.15, -0.1) is 0 Å². The molecule has 0 saturated heterocycles. The second-order valence-corrected chi connectivity index (χ2v) is 7.20. The fraction of sp³-hybridized carbons (Fsp3) is 0.133. The number of benzene rings is 2. The largest absolute Gasteiger partial charge is 0.468 e. The first-order valence-corrected chi connectivity index (χ1v) is 8.65. The second-order valence-electron chi connectivity index (χ2n) is 4.49. The lowest BCUT2D eigenvalue weighted by atomic mass is 10.3. The van der Waals surface area contributed by atoms with Crippen LogP contribution in [-0.4, -0.2) is 28.0 Å². The number of nitrogens with zero attached hydrogens (tertiary/aromatic N) is 1. The van der Waals surface area contributed by atoms with Crippen molar-refractivity contribution in [1.82, 2.24) is 0 Å². The number of esters is 1. The van der Waals surface area contributed by atoms with Crippen molar-refractivity contribution in [2.24, 2.45) is 0 Å². The molecule has 0 aliphatic carbocycles. The number of methoxy groups -OCH3 is 1. The normalized spacial score (nSPS) is 11.1. The SMILES string of the molecule is COC(=O)CN(c1ccccc1Cl)S(=O)(=O)c1ccc(Cl)cc1. The summed E-state index contributed by atoms with van der Waals surface area (Å²) < 4.78 is 31.2. The highest BCUT2D eigenvalue weighted by Crippen LogP contribution is 2.30. The van der Waals surface area contributed by atoms with E-state index < -0.39 is 22.5 Å². The number of carbonyl (C=O) groups is 1. The van der Waals surface area contributed by atoms with Gasteiger partial charge in [0.25, 0.3) is 10.0 Å². The summed E-state index contributed by atoms with van der Waals surface area (Å²) in [6.45, 7) is -0.495. The fourth-order valence-electron chi connectivity index (χ4n) is 1.87. The Kier molecular flexibility index (Phi) is 5.51. The van der Waals surface area contributed by atoms with Gasteiger partial charge < -0.3 is 4.74 Å². The topological polar surface area (TPSA) is 63.7 Å². The Labute approximate surface area is 144 Å². The van der Waals surface area contributed by atoms with Crippen LogP contribution in [0.15, 0.2) is 53.4 Å². The van der Waals surface area contributed by atoms with E-state index >= 15 is 0 Å². The van der Waals surface area contributed by atoms with Crippen molar-refractivity contribution in [3.05, 3.63) is 58.6 Å². The molecule has 0 aromatic heterocycles. The van der Waals surface area contributed by atoms with Gasteiger partial charge in [0.2, 0.25) is 0 Å². The number of halogens is 2. The van der Waals surface area contributed by atoms with E-state index in [2.05, 4.69) is 4.74 Å². The van der Waals surface area contributed by atoms with Crippen LogP contribution in [0, 0.1) is 0 Å². The van der Waals surface area contributed by atoms with Crippen molar-refractivity contribution in [3.8, 4) is 0 Å². The minimum Gasteiger partial charge on any atom is -0.468 e. The molecule has 0 radical (unpaired) electrons. The Morgan fingerprint density at radius 1 is 1.09 bits per heavy atom. The number of sulfonamides is 1. The molecule has 0 amide bonds. The molecule has 0 aliphatic heterocycles. The van der Waals surface area contributed by atoms with Gasteiger partial charge >= 0.3 is 5.97 Å². The molecule has 0 atom stereocenters. The van der Waals surface area contributed by atoms with E-state index in [9.17, 15) is 13.2 Å². The van der Waals surface area contributed by atoms with Crippen molar-refractivity contribution in [1.29, 1.82) is 0 Å². The van der Waals surface area contributed by atoms with Crippen LogP contribution < -0.4 is 4.31 Å². The Bertz CT molecular complexity index is 806. The monoisotopic (exact) mass is 373 g/mol. The van der Waals surface area contributed by atoms with Gasteiger partial charge in [-0.3, -0.25) is 9.10 Å². The third kappa shape index (κ3) is 3.96. The summed E-state index contributed by atoms with van der Waals surface area (Å²) in [5.74, 6) is -0.706. The molecule has 23 heavy (non-hydrogen) atoms. The highest BCUT2D eigenvalue weighted by molar-refractivity contribution is 7.92. The number of para-hydroxylation sites is 1. The summed E-state index contributed by atoms with van der Waals surface area (Å²) in [6.07, 6.45) is 0. The Morgan fingerprint density at radius 3 is 2.26 bits per heavy atom. The molecule has 5 nitrogen and oxygen atoms in total. The minimum absolute atomic E-state index is 0.00859. The summed E-state index contributed by atoms with van der Waals surface area (Å²) in [5.41, 5.74) is 0.189. The summed E-state index contributed by atoms with van der Waals surface area (Å²) in [6, 6.07) is 12.0. The molecule has 0 heterocycles. The molecular weight excluding hydrogens is 361 g/mol. The number of rotatable bonds is 5. The molecule has 0 saturated carbocycles. The first-order valence-electron chi connectivity index (χ1n) is 6.46. The maximum absolute atomic E-state index is 12.9. The first-order chi connectivity index (χ1) is 10.9. The molecule has 0 aliphatic rings. The zero-order chi connectivity index (χ0) is 17.0. The predicted octanol–water partition coefficient (Wildman–Crippen LogP) is 3.36. The third-order valence-corrected chi connectivity index (χ3v) is 5.37. The molecule has 0 unspecified atom stereocenters. The van der Waals surface area contributed by atoms with E-state index in [1.54, 1.807) is 18.2 Å². The molecule has 0 spiro atoms. The molecule has 2 aromatic carbocycles. The quantitative estimate of drug-likeness (QED) is 0.753. The number of carbonyl (C=O) groups excluding carboxylic acids is 1. The first kappa shape index (κ1) is 17.6. The van der Waals surface area contributed by atoms with Gasteiger partial charge in [0.05, 0.1) is 22.7 Å². The lowest BCUT2D eigenvalue weighted by Gasteiger charge is -2.24. The highest BCUT2D eigenvalue weighted by Gasteiger charge is 2.28. The Hall–Kier alpha value is -1.76. The third-order valence-electron chi connectivity index (χ3n) is 3.02. The van der Waals surface area contributed by atoms with Crippen LogP contribution in [0.1, 0.15) is 0 Å². The standard InChI is InChI=1S/C15H13Cl2NO4S/c1-22-15(19)10-18(14-5-3-2-4-13(14)17)23(20,21)12-8-6-11(16)7-9-12/h2-9H,10H2,1H3. The Morgan fingerprint density at radius 2 is 1.70 bits per heavy atom. The van der Waals surface area contributed by atoms with Crippen molar-refractivity contribution in [2.45, 2.75) is 4.90 Å². The van der Waals surface area contributed by atoms with Crippen LogP contribution in [-0.2, 0) is 19.6 Å².